The van der Waals surface area contributed by atoms with Crippen LogP contribution in [0.2, 0.25) is 5.02 Å². The monoisotopic (exact) mass is 433 g/mol. The third-order valence-electron chi connectivity index (χ3n) is 4.15. The number of benzene rings is 2. The lowest BCUT2D eigenvalue weighted by atomic mass is 10.2. The lowest BCUT2D eigenvalue weighted by Gasteiger charge is -2.08. The van der Waals surface area contributed by atoms with E-state index in [9.17, 15) is 0 Å². The van der Waals surface area contributed by atoms with Crippen molar-refractivity contribution in [2.75, 3.05) is 14.2 Å². The van der Waals surface area contributed by atoms with Gasteiger partial charge in [-0.3, -0.25) is 0 Å². The number of hydrogen-bond donors (Lipinski definition) is 0. The molecule has 146 valence electrons. The third-order valence-corrected chi connectivity index (χ3v) is 5.84. The summed E-state index contributed by atoms with van der Waals surface area (Å²) in [5.74, 6) is 1.52. The lowest BCUT2D eigenvalue weighted by molar-refractivity contribution is 0.295. The molecule has 28 heavy (non-hydrogen) atoms. The van der Waals surface area contributed by atoms with Crippen LogP contribution in [0.3, 0.4) is 0 Å². The fourth-order valence-corrected chi connectivity index (χ4v) is 4.16. The van der Waals surface area contributed by atoms with Crippen LogP contribution in [0.25, 0.3) is 10.6 Å². The van der Waals surface area contributed by atoms with E-state index in [2.05, 4.69) is 4.98 Å². The van der Waals surface area contributed by atoms with Crippen molar-refractivity contribution in [2.45, 2.75) is 20.0 Å². The summed E-state index contributed by atoms with van der Waals surface area (Å²) in [6, 6.07) is 13.3. The minimum Gasteiger partial charge on any atom is -0.497 e. The van der Waals surface area contributed by atoms with Gasteiger partial charge >= 0.3 is 0 Å². The number of thiazole rings is 1. The second-order valence-corrected chi connectivity index (χ2v) is 8.03. The molecular weight excluding hydrogens is 414 g/mol. The van der Waals surface area contributed by atoms with Gasteiger partial charge in [0.2, 0.25) is 0 Å². The number of ether oxygens (including phenoxy) is 3. The van der Waals surface area contributed by atoms with Gasteiger partial charge in [-0.25, -0.2) is 4.98 Å². The highest BCUT2D eigenvalue weighted by molar-refractivity contribution is 7.80. The first-order valence-electron chi connectivity index (χ1n) is 8.59. The van der Waals surface area contributed by atoms with Gasteiger partial charge in [-0.2, -0.15) is 0 Å². The van der Waals surface area contributed by atoms with Gasteiger partial charge < -0.3 is 14.2 Å². The van der Waals surface area contributed by atoms with Crippen LogP contribution in [0.15, 0.2) is 42.5 Å². The number of hydrogen-bond acceptors (Lipinski definition) is 6. The fourth-order valence-electron chi connectivity index (χ4n) is 2.62. The van der Waals surface area contributed by atoms with E-state index in [4.69, 9.17) is 38.0 Å². The third kappa shape index (κ3) is 5.01. The number of rotatable bonds is 7. The maximum atomic E-state index is 6.05. The molecule has 0 radical (unpaired) electrons. The second-order valence-electron chi connectivity index (χ2n) is 6.06. The predicted molar refractivity (Wildman–Crippen MR) is 118 cm³/mol. The molecular formula is C21H20ClNO3S2. The van der Waals surface area contributed by atoms with E-state index < -0.39 is 0 Å². The minimum atomic E-state index is 0.429. The Morgan fingerprint density at radius 2 is 1.86 bits per heavy atom. The molecule has 4 nitrogen and oxygen atoms in total. The van der Waals surface area contributed by atoms with Crippen molar-refractivity contribution in [1.82, 2.24) is 4.98 Å². The number of aryl methyl sites for hydroxylation is 1. The molecule has 0 amide bonds. The van der Waals surface area contributed by atoms with E-state index in [0.29, 0.717) is 28.9 Å². The zero-order chi connectivity index (χ0) is 20.1. The van der Waals surface area contributed by atoms with Crippen LogP contribution in [-0.4, -0.2) is 24.3 Å². The zero-order valence-electron chi connectivity index (χ0n) is 15.8. The van der Waals surface area contributed by atoms with Gasteiger partial charge in [0.05, 0.1) is 31.9 Å². The Balaban J connectivity index is 1.67. The summed E-state index contributed by atoms with van der Waals surface area (Å²) in [7, 11) is 3.27. The molecule has 1 heterocycles. The number of nitrogens with zero attached hydrogens (tertiary/aromatic N) is 1. The van der Waals surface area contributed by atoms with Crippen molar-refractivity contribution in [2.24, 2.45) is 0 Å². The largest absolute Gasteiger partial charge is 0.497 e. The second kappa shape index (κ2) is 9.37. The normalized spacial score (nSPS) is 10.6. The Morgan fingerprint density at radius 3 is 2.54 bits per heavy atom. The Morgan fingerprint density at radius 1 is 1.11 bits per heavy atom. The number of halogens is 1. The van der Waals surface area contributed by atoms with E-state index in [1.807, 2.05) is 43.3 Å². The Kier molecular flexibility index (Phi) is 6.88. The van der Waals surface area contributed by atoms with E-state index in [-0.39, 0.29) is 0 Å². The van der Waals surface area contributed by atoms with Crippen LogP contribution in [0.1, 0.15) is 16.1 Å². The van der Waals surface area contributed by atoms with Gasteiger partial charge in [0.1, 0.15) is 23.1 Å². The van der Waals surface area contributed by atoms with Crippen LogP contribution in [0, 0.1) is 6.92 Å². The van der Waals surface area contributed by atoms with Crippen molar-refractivity contribution in [3.05, 3.63) is 63.6 Å². The average molecular weight is 434 g/mol. The smallest absolute Gasteiger partial charge is 0.165 e. The maximum absolute atomic E-state index is 6.05. The summed E-state index contributed by atoms with van der Waals surface area (Å²) in [6.07, 6.45) is 0.547. The summed E-state index contributed by atoms with van der Waals surface area (Å²) in [5, 5.41) is 2.04. The molecule has 1 aromatic heterocycles. The van der Waals surface area contributed by atoms with Crippen LogP contribution in [0.5, 0.6) is 11.5 Å². The molecule has 0 spiro atoms. The summed E-state index contributed by atoms with van der Waals surface area (Å²) in [4.78, 5) is 5.75. The zero-order valence-corrected chi connectivity index (χ0v) is 18.2. The maximum Gasteiger partial charge on any atom is 0.165 e. The summed E-state index contributed by atoms with van der Waals surface area (Å²) < 4.78 is 16.4. The first-order chi connectivity index (χ1) is 13.5. The van der Waals surface area contributed by atoms with E-state index in [1.165, 1.54) is 0 Å². The van der Waals surface area contributed by atoms with Gasteiger partial charge in [-0.05, 0) is 55.0 Å². The molecule has 3 aromatic rings. The highest BCUT2D eigenvalue weighted by Gasteiger charge is 2.15. The first kappa shape index (κ1) is 20.6. The SMILES string of the molecule is COc1ccc(COC(=S)Cc2sc(-c3ccc(Cl)cc3OC)nc2C)cc1. The van der Waals surface area contributed by atoms with E-state index in [1.54, 1.807) is 31.6 Å². The molecule has 0 saturated carbocycles. The molecule has 0 aliphatic heterocycles. The van der Waals surface area contributed by atoms with Crippen molar-refractivity contribution >= 4 is 40.2 Å². The van der Waals surface area contributed by atoms with Crippen LogP contribution in [-0.2, 0) is 17.8 Å². The van der Waals surface area contributed by atoms with Gasteiger partial charge in [-0.15, -0.1) is 11.3 Å². The molecule has 7 heteroatoms. The summed E-state index contributed by atoms with van der Waals surface area (Å²) >= 11 is 13.1. The van der Waals surface area contributed by atoms with Crippen molar-refractivity contribution in [3.63, 3.8) is 0 Å². The summed E-state index contributed by atoms with van der Waals surface area (Å²) in [5.41, 5.74) is 2.89. The molecule has 0 saturated heterocycles. The molecule has 0 bridgehead atoms. The van der Waals surface area contributed by atoms with E-state index in [0.717, 1.165) is 32.5 Å². The molecule has 3 rings (SSSR count). The van der Waals surface area contributed by atoms with Gasteiger partial charge in [0, 0.05) is 9.90 Å². The van der Waals surface area contributed by atoms with Gasteiger partial charge in [0.15, 0.2) is 5.05 Å². The highest BCUT2D eigenvalue weighted by Crippen LogP contribution is 2.36. The Hall–Kier alpha value is -2.15. The minimum absolute atomic E-state index is 0.429. The molecule has 0 aliphatic carbocycles. The van der Waals surface area contributed by atoms with Crippen molar-refractivity contribution in [3.8, 4) is 22.1 Å². The van der Waals surface area contributed by atoms with Gasteiger partial charge in [0.25, 0.3) is 0 Å². The molecule has 2 aromatic carbocycles. The van der Waals surface area contributed by atoms with Gasteiger partial charge in [-0.1, -0.05) is 23.7 Å². The van der Waals surface area contributed by atoms with Crippen LogP contribution >= 0.6 is 35.2 Å². The molecule has 0 atom stereocenters. The van der Waals surface area contributed by atoms with Crippen LogP contribution in [0.4, 0.5) is 0 Å². The quantitative estimate of drug-likeness (QED) is 0.435. The fraction of sp³-hybridized carbons (Fsp3) is 0.238. The number of aromatic nitrogens is 1. The topological polar surface area (TPSA) is 40.6 Å². The summed E-state index contributed by atoms with van der Waals surface area (Å²) in [6.45, 7) is 2.41. The molecule has 0 fully saturated rings. The molecule has 0 aliphatic rings. The number of thiocarbonyl (C=S) groups is 1. The molecule has 0 unspecified atom stereocenters. The van der Waals surface area contributed by atoms with E-state index >= 15 is 0 Å². The Labute approximate surface area is 179 Å². The van der Waals surface area contributed by atoms with Crippen molar-refractivity contribution < 1.29 is 14.2 Å². The van der Waals surface area contributed by atoms with Crippen molar-refractivity contribution in [1.29, 1.82) is 0 Å². The predicted octanol–water partition coefficient (Wildman–Crippen LogP) is 5.88. The Bertz CT molecular complexity index is 970. The molecule has 0 N–H and O–H groups in total. The first-order valence-corrected chi connectivity index (χ1v) is 10.2. The average Bonchev–Trinajstić information content (AvgIpc) is 3.06. The highest BCUT2D eigenvalue weighted by atomic mass is 35.5. The number of methoxy groups -OCH3 is 2. The standard InChI is InChI=1S/C21H20ClNO3S2/c1-13-19(11-20(27)26-12-14-4-7-16(24-2)8-5-14)28-21(23-13)17-9-6-15(22)10-18(17)25-3/h4-10H,11-12H2,1-3H3. The van der Waals surface area contributed by atoms with Crippen LogP contribution < -0.4 is 9.47 Å². The lowest BCUT2D eigenvalue weighted by Crippen LogP contribution is -2.05.